The van der Waals surface area contributed by atoms with E-state index in [0.717, 1.165) is 0 Å². The van der Waals surface area contributed by atoms with Crippen LogP contribution in [0.15, 0.2) is 68.2 Å². The van der Waals surface area contributed by atoms with E-state index in [2.05, 4.69) is 5.32 Å². The molecule has 1 amide bonds. The van der Waals surface area contributed by atoms with Gasteiger partial charge in [-0.3, -0.25) is 9.59 Å². The summed E-state index contributed by atoms with van der Waals surface area (Å²) in [5.41, 5.74) is 0.466. The van der Waals surface area contributed by atoms with Crippen molar-refractivity contribution in [2.45, 2.75) is 6.54 Å². The highest BCUT2D eigenvalue weighted by Crippen LogP contribution is 2.21. The fourth-order valence-corrected chi connectivity index (χ4v) is 2.61. The molecule has 2 aromatic heterocycles. The molecule has 0 bridgehead atoms. The van der Waals surface area contributed by atoms with Crippen LogP contribution in [0.25, 0.3) is 22.1 Å². The summed E-state index contributed by atoms with van der Waals surface area (Å²) in [5, 5.41) is 3.16. The van der Waals surface area contributed by atoms with E-state index in [4.69, 9.17) is 8.83 Å². The van der Waals surface area contributed by atoms with Gasteiger partial charge in [-0.2, -0.15) is 0 Å². The predicted molar refractivity (Wildman–Crippen MR) is 89.8 cm³/mol. The van der Waals surface area contributed by atoms with Crippen LogP contribution in [0.5, 0.6) is 0 Å². The van der Waals surface area contributed by atoms with Gasteiger partial charge in [-0.1, -0.05) is 30.3 Å². The largest absolute Gasteiger partial charge is 0.425 e. The number of rotatable bonds is 3. The average Bonchev–Trinajstić information content (AvgIpc) is 3.05. The number of fused-ring (bicyclic) bond motifs is 2. The van der Waals surface area contributed by atoms with Gasteiger partial charge in [-0.15, -0.1) is 0 Å². The van der Waals surface area contributed by atoms with Gasteiger partial charge in [0.1, 0.15) is 16.8 Å². The standard InChI is InChI=1S/C19H12FNO4/c20-14-7-3-1-5-11(14)10-21-18(23)16-9-13-17(22)12-6-2-4-8-15(12)24-19(13)25-16/h1-9H,10H2,(H,21,23). The van der Waals surface area contributed by atoms with Crippen LogP contribution in [0.1, 0.15) is 16.1 Å². The summed E-state index contributed by atoms with van der Waals surface area (Å²) in [6, 6.07) is 14.2. The van der Waals surface area contributed by atoms with Gasteiger partial charge in [0.25, 0.3) is 5.91 Å². The SMILES string of the molecule is O=C(NCc1ccccc1F)c1cc2c(=O)c3ccccc3oc2o1. The first-order chi connectivity index (χ1) is 12.1. The maximum Gasteiger partial charge on any atom is 0.302 e. The van der Waals surface area contributed by atoms with Gasteiger partial charge < -0.3 is 14.2 Å². The molecule has 4 rings (SSSR count). The molecule has 2 heterocycles. The zero-order valence-electron chi connectivity index (χ0n) is 12.9. The van der Waals surface area contributed by atoms with E-state index >= 15 is 0 Å². The van der Waals surface area contributed by atoms with Crippen LogP contribution in [0.3, 0.4) is 0 Å². The number of amides is 1. The molecule has 25 heavy (non-hydrogen) atoms. The van der Waals surface area contributed by atoms with Crippen LogP contribution in [0.4, 0.5) is 4.39 Å². The summed E-state index contributed by atoms with van der Waals surface area (Å²) < 4.78 is 24.5. The van der Waals surface area contributed by atoms with Crippen LogP contribution in [0.2, 0.25) is 0 Å². The fourth-order valence-electron chi connectivity index (χ4n) is 2.61. The lowest BCUT2D eigenvalue weighted by Gasteiger charge is -2.04. The number of carbonyl (C=O) groups excluding carboxylic acids is 1. The zero-order valence-corrected chi connectivity index (χ0v) is 12.9. The van der Waals surface area contributed by atoms with Crippen molar-refractivity contribution in [1.82, 2.24) is 5.32 Å². The maximum atomic E-state index is 13.6. The minimum absolute atomic E-state index is 0.00586. The lowest BCUT2D eigenvalue weighted by molar-refractivity contribution is 0.0923. The number of carbonyl (C=O) groups is 1. The van der Waals surface area contributed by atoms with Crippen LogP contribution in [-0.4, -0.2) is 5.91 Å². The highest BCUT2D eigenvalue weighted by atomic mass is 19.1. The van der Waals surface area contributed by atoms with Crippen molar-refractivity contribution < 1.29 is 18.0 Å². The Bertz CT molecular complexity index is 1160. The quantitative estimate of drug-likeness (QED) is 0.620. The average molecular weight is 337 g/mol. The first kappa shape index (κ1) is 15.1. The number of halogens is 1. The van der Waals surface area contributed by atoms with Gasteiger partial charge >= 0.3 is 5.78 Å². The lowest BCUT2D eigenvalue weighted by atomic mass is 10.2. The van der Waals surface area contributed by atoms with Crippen molar-refractivity contribution in [1.29, 1.82) is 0 Å². The fraction of sp³-hybridized carbons (Fsp3) is 0.0526. The van der Waals surface area contributed by atoms with Crippen molar-refractivity contribution in [3.63, 3.8) is 0 Å². The van der Waals surface area contributed by atoms with Gasteiger partial charge in [0.2, 0.25) is 5.43 Å². The first-order valence-corrected chi connectivity index (χ1v) is 7.60. The van der Waals surface area contributed by atoms with Crippen molar-refractivity contribution in [3.05, 3.63) is 82.0 Å². The molecule has 0 unspecified atom stereocenters. The number of hydrogen-bond donors (Lipinski definition) is 1. The molecule has 5 nitrogen and oxygen atoms in total. The third-order valence-electron chi connectivity index (χ3n) is 3.90. The third kappa shape index (κ3) is 2.67. The molecule has 0 aliphatic rings. The molecule has 4 aromatic rings. The molecule has 0 atom stereocenters. The molecule has 0 saturated heterocycles. The van der Waals surface area contributed by atoms with E-state index in [9.17, 15) is 14.0 Å². The van der Waals surface area contributed by atoms with Gasteiger partial charge in [0.15, 0.2) is 5.76 Å². The second-order valence-corrected chi connectivity index (χ2v) is 5.51. The van der Waals surface area contributed by atoms with E-state index in [-0.39, 0.29) is 28.9 Å². The predicted octanol–water partition coefficient (Wildman–Crippen LogP) is 3.61. The monoisotopic (exact) mass is 337 g/mol. The van der Waals surface area contributed by atoms with Crippen molar-refractivity contribution in [2.75, 3.05) is 0 Å². The Kier molecular flexibility index (Phi) is 3.57. The van der Waals surface area contributed by atoms with E-state index in [0.29, 0.717) is 16.5 Å². The second kappa shape index (κ2) is 5.90. The summed E-state index contributed by atoms with van der Waals surface area (Å²) in [7, 11) is 0. The number of furan rings is 1. The van der Waals surface area contributed by atoms with Crippen LogP contribution < -0.4 is 10.7 Å². The molecule has 0 fully saturated rings. The van der Waals surface area contributed by atoms with Crippen molar-refractivity contribution in [3.8, 4) is 0 Å². The summed E-state index contributed by atoms with van der Waals surface area (Å²) in [4.78, 5) is 24.7. The van der Waals surface area contributed by atoms with Gasteiger partial charge in [0.05, 0.1) is 5.39 Å². The number of para-hydroxylation sites is 1. The second-order valence-electron chi connectivity index (χ2n) is 5.51. The molecular weight excluding hydrogens is 325 g/mol. The van der Waals surface area contributed by atoms with E-state index in [1.54, 1.807) is 42.5 Å². The summed E-state index contributed by atoms with van der Waals surface area (Å²) >= 11 is 0. The van der Waals surface area contributed by atoms with Crippen LogP contribution >= 0.6 is 0 Å². The number of nitrogens with one attached hydrogen (secondary N) is 1. The third-order valence-corrected chi connectivity index (χ3v) is 3.90. The zero-order chi connectivity index (χ0) is 17.4. The first-order valence-electron chi connectivity index (χ1n) is 7.60. The minimum atomic E-state index is -0.557. The van der Waals surface area contributed by atoms with Crippen LogP contribution in [0, 0.1) is 5.82 Å². The van der Waals surface area contributed by atoms with Crippen molar-refractivity contribution in [2.24, 2.45) is 0 Å². The number of hydrogen-bond acceptors (Lipinski definition) is 4. The molecule has 2 aromatic carbocycles. The molecule has 0 aliphatic carbocycles. The summed E-state index contributed by atoms with van der Waals surface area (Å²) in [6.07, 6.45) is 0. The Balaban J connectivity index is 1.66. The highest BCUT2D eigenvalue weighted by molar-refractivity contribution is 5.97. The van der Waals surface area contributed by atoms with Crippen LogP contribution in [-0.2, 0) is 6.54 Å². The highest BCUT2D eigenvalue weighted by Gasteiger charge is 2.17. The molecule has 0 radical (unpaired) electrons. The lowest BCUT2D eigenvalue weighted by Crippen LogP contribution is -2.22. The maximum absolute atomic E-state index is 13.6. The van der Waals surface area contributed by atoms with E-state index in [1.165, 1.54) is 12.1 Å². The molecule has 0 aliphatic heterocycles. The Labute approximate surface area is 140 Å². The van der Waals surface area contributed by atoms with Gasteiger partial charge in [0, 0.05) is 18.2 Å². The Morgan fingerprint density at radius 1 is 1.00 bits per heavy atom. The minimum Gasteiger partial charge on any atom is -0.425 e. The molecule has 6 heteroatoms. The van der Waals surface area contributed by atoms with Gasteiger partial charge in [-0.25, -0.2) is 4.39 Å². The van der Waals surface area contributed by atoms with Crippen molar-refractivity contribution >= 4 is 28.0 Å². The Morgan fingerprint density at radius 2 is 1.76 bits per heavy atom. The molecule has 0 spiro atoms. The van der Waals surface area contributed by atoms with E-state index in [1.807, 2.05) is 0 Å². The topological polar surface area (TPSA) is 72.5 Å². The molecule has 1 N–H and O–H groups in total. The molecular formula is C19H12FNO4. The van der Waals surface area contributed by atoms with Gasteiger partial charge in [-0.05, 0) is 18.2 Å². The molecule has 0 saturated carbocycles. The van der Waals surface area contributed by atoms with E-state index < -0.39 is 11.7 Å². The Hall–Kier alpha value is -3.41. The normalized spacial score (nSPS) is 11.1. The Morgan fingerprint density at radius 3 is 2.60 bits per heavy atom. The molecule has 124 valence electrons. The number of benzene rings is 2. The smallest absolute Gasteiger partial charge is 0.302 e. The summed E-state index contributed by atoms with van der Waals surface area (Å²) in [5.74, 6) is -1.05. The summed E-state index contributed by atoms with van der Waals surface area (Å²) in [6.45, 7) is 0.00586.